The number of epoxide rings is 1. The quantitative estimate of drug-likeness (QED) is 0.485. The van der Waals surface area contributed by atoms with E-state index in [1.165, 1.54) is 12.2 Å². The van der Waals surface area contributed by atoms with Gasteiger partial charge in [-0.2, -0.15) is 0 Å². The van der Waals surface area contributed by atoms with Crippen LogP contribution in [0.3, 0.4) is 0 Å². The number of carbonyl (C=O) groups excluding carboxylic acids is 1. The van der Waals surface area contributed by atoms with Gasteiger partial charge in [-0.3, -0.25) is 9.53 Å². The zero-order valence-corrected chi connectivity index (χ0v) is 8.27. The van der Waals surface area contributed by atoms with E-state index in [4.69, 9.17) is 14.6 Å². The third-order valence-corrected chi connectivity index (χ3v) is 2.51. The molecule has 1 fully saturated rings. The van der Waals surface area contributed by atoms with Crippen molar-refractivity contribution in [3.05, 3.63) is 23.3 Å². The average molecular weight is 212 g/mol. The largest absolute Gasteiger partial charge is 0.392 e. The van der Waals surface area contributed by atoms with E-state index in [0.29, 0.717) is 18.5 Å². The molecule has 1 saturated heterocycles. The molecule has 0 spiro atoms. The van der Waals surface area contributed by atoms with Gasteiger partial charge in [-0.25, -0.2) is 0 Å². The second-order valence-corrected chi connectivity index (χ2v) is 3.44. The van der Waals surface area contributed by atoms with Crippen molar-refractivity contribution in [3.63, 3.8) is 0 Å². The standard InChI is InChI=1S/C10H12O5/c1-2-14-9-4-7(5-11)3-8(6-12)10(9,13)15-9/h3-4,6,11,13H,2,5H2,1H3. The summed E-state index contributed by atoms with van der Waals surface area (Å²) < 4.78 is 10.3. The molecule has 5 nitrogen and oxygen atoms in total. The smallest absolute Gasteiger partial charge is 0.259 e. The monoisotopic (exact) mass is 212 g/mol. The van der Waals surface area contributed by atoms with Gasteiger partial charge in [0.2, 0.25) is 0 Å². The third kappa shape index (κ3) is 1.28. The first kappa shape index (κ1) is 10.5. The van der Waals surface area contributed by atoms with Crippen LogP contribution >= 0.6 is 0 Å². The van der Waals surface area contributed by atoms with E-state index in [1.807, 2.05) is 0 Å². The molecular formula is C10H12O5. The molecule has 2 unspecified atom stereocenters. The molecule has 1 aliphatic heterocycles. The number of fused-ring (bicyclic) bond motifs is 1. The van der Waals surface area contributed by atoms with Crippen LogP contribution in [0.15, 0.2) is 23.3 Å². The highest BCUT2D eigenvalue weighted by molar-refractivity contribution is 5.80. The van der Waals surface area contributed by atoms with Crippen LogP contribution < -0.4 is 0 Å². The van der Waals surface area contributed by atoms with Crippen LogP contribution in [0.2, 0.25) is 0 Å². The number of aliphatic hydroxyl groups excluding tert-OH is 1. The highest BCUT2D eigenvalue weighted by Gasteiger charge is 2.74. The number of aldehydes is 1. The molecule has 0 saturated carbocycles. The van der Waals surface area contributed by atoms with Gasteiger partial charge >= 0.3 is 0 Å². The van der Waals surface area contributed by atoms with Crippen LogP contribution in [0.5, 0.6) is 0 Å². The Bertz CT molecular complexity index is 359. The van der Waals surface area contributed by atoms with E-state index in [-0.39, 0.29) is 12.2 Å². The minimum absolute atomic E-state index is 0.0718. The first-order valence-electron chi connectivity index (χ1n) is 4.68. The van der Waals surface area contributed by atoms with Crippen LogP contribution in [0, 0.1) is 0 Å². The third-order valence-electron chi connectivity index (χ3n) is 2.51. The van der Waals surface area contributed by atoms with Gasteiger partial charge in [0.1, 0.15) is 0 Å². The number of hydrogen-bond donors (Lipinski definition) is 2. The summed E-state index contributed by atoms with van der Waals surface area (Å²) in [5, 5.41) is 18.9. The molecule has 5 heteroatoms. The summed E-state index contributed by atoms with van der Waals surface area (Å²) in [5.74, 6) is -2.96. The van der Waals surface area contributed by atoms with Crippen LogP contribution in [0.1, 0.15) is 6.92 Å². The highest BCUT2D eigenvalue weighted by atomic mass is 16.9. The summed E-state index contributed by atoms with van der Waals surface area (Å²) in [5.41, 5.74) is 0.565. The van der Waals surface area contributed by atoms with Gasteiger partial charge < -0.3 is 14.9 Å². The summed E-state index contributed by atoms with van der Waals surface area (Å²) in [4.78, 5) is 10.7. The molecule has 0 radical (unpaired) electrons. The first-order chi connectivity index (χ1) is 7.12. The molecule has 2 N–H and O–H groups in total. The van der Waals surface area contributed by atoms with Gasteiger partial charge in [0.25, 0.3) is 11.6 Å². The predicted molar refractivity (Wildman–Crippen MR) is 49.7 cm³/mol. The Morgan fingerprint density at radius 2 is 2.40 bits per heavy atom. The van der Waals surface area contributed by atoms with Crippen molar-refractivity contribution in [1.29, 1.82) is 0 Å². The summed E-state index contributed by atoms with van der Waals surface area (Å²) in [6.07, 6.45) is 3.39. The summed E-state index contributed by atoms with van der Waals surface area (Å²) in [7, 11) is 0. The van der Waals surface area contributed by atoms with E-state index < -0.39 is 11.6 Å². The molecule has 0 bridgehead atoms. The summed E-state index contributed by atoms with van der Waals surface area (Å²) in [6.45, 7) is 1.86. The van der Waals surface area contributed by atoms with Crippen LogP contribution in [0.4, 0.5) is 0 Å². The van der Waals surface area contributed by atoms with E-state index in [9.17, 15) is 9.90 Å². The highest BCUT2D eigenvalue weighted by Crippen LogP contribution is 2.55. The lowest BCUT2D eigenvalue weighted by atomic mass is 9.95. The minimum Gasteiger partial charge on any atom is -0.392 e. The van der Waals surface area contributed by atoms with E-state index in [2.05, 4.69) is 0 Å². The molecule has 1 heterocycles. The lowest BCUT2D eigenvalue weighted by molar-refractivity contribution is -0.107. The van der Waals surface area contributed by atoms with Gasteiger partial charge in [0.15, 0.2) is 6.29 Å². The molecular weight excluding hydrogens is 200 g/mol. The fourth-order valence-electron chi connectivity index (χ4n) is 1.75. The van der Waals surface area contributed by atoms with E-state index >= 15 is 0 Å². The number of aliphatic hydroxyl groups is 2. The zero-order chi connectivity index (χ0) is 11.1. The molecule has 1 aliphatic carbocycles. The van der Waals surface area contributed by atoms with Crippen molar-refractivity contribution in [2.75, 3.05) is 13.2 Å². The molecule has 0 aromatic heterocycles. The topological polar surface area (TPSA) is 79.3 Å². The van der Waals surface area contributed by atoms with Crippen molar-refractivity contribution in [3.8, 4) is 0 Å². The number of carbonyl (C=O) groups is 1. The van der Waals surface area contributed by atoms with Gasteiger partial charge in [-0.05, 0) is 24.6 Å². The lowest BCUT2D eigenvalue weighted by Crippen LogP contribution is -2.32. The van der Waals surface area contributed by atoms with E-state index in [1.54, 1.807) is 6.92 Å². The Kier molecular flexibility index (Phi) is 2.27. The van der Waals surface area contributed by atoms with Crippen molar-refractivity contribution >= 4 is 6.29 Å². The maximum absolute atomic E-state index is 10.7. The number of hydrogen-bond acceptors (Lipinski definition) is 5. The summed E-state index contributed by atoms with van der Waals surface area (Å²) in [6, 6.07) is 0. The Balaban J connectivity index is 2.37. The van der Waals surface area contributed by atoms with Crippen molar-refractivity contribution < 1.29 is 24.5 Å². The fourth-order valence-corrected chi connectivity index (χ4v) is 1.75. The van der Waals surface area contributed by atoms with Crippen molar-refractivity contribution in [2.45, 2.75) is 18.5 Å². The van der Waals surface area contributed by atoms with Crippen LogP contribution in [-0.4, -0.2) is 41.3 Å². The molecule has 2 rings (SSSR count). The van der Waals surface area contributed by atoms with Crippen LogP contribution in [0.25, 0.3) is 0 Å². The molecule has 0 aromatic carbocycles. The maximum Gasteiger partial charge on any atom is 0.259 e. The maximum atomic E-state index is 10.7. The van der Waals surface area contributed by atoms with Gasteiger partial charge in [0.05, 0.1) is 12.2 Å². The molecule has 0 amide bonds. The molecule has 0 aromatic rings. The Hall–Kier alpha value is -1.01. The second kappa shape index (κ2) is 3.24. The Labute approximate surface area is 86.6 Å². The van der Waals surface area contributed by atoms with E-state index in [0.717, 1.165) is 0 Å². The van der Waals surface area contributed by atoms with Crippen LogP contribution in [-0.2, 0) is 14.3 Å². The molecule has 82 valence electrons. The second-order valence-electron chi connectivity index (χ2n) is 3.44. The fraction of sp³-hybridized carbons (Fsp3) is 0.500. The predicted octanol–water partition coefficient (Wildman–Crippen LogP) is -0.504. The Morgan fingerprint density at radius 1 is 1.67 bits per heavy atom. The first-order valence-corrected chi connectivity index (χ1v) is 4.68. The Morgan fingerprint density at radius 3 is 2.93 bits per heavy atom. The average Bonchev–Trinajstić information content (AvgIpc) is 2.82. The normalized spacial score (nSPS) is 37.8. The molecule has 15 heavy (non-hydrogen) atoms. The lowest BCUT2D eigenvalue weighted by Gasteiger charge is -2.17. The van der Waals surface area contributed by atoms with Gasteiger partial charge in [-0.1, -0.05) is 0 Å². The molecule has 2 aliphatic rings. The SMILES string of the molecule is CCOC12C=C(CO)C=C(C=O)C1(O)O2. The minimum atomic E-state index is -1.68. The van der Waals surface area contributed by atoms with Crippen molar-refractivity contribution in [1.82, 2.24) is 0 Å². The van der Waals surface area contributed by atoms with Crippen molar-refractivity contribution in [2.24, 2.45) is 0 Å². The van der Waals surface area contributed by atoms with Gasteiger partial charge in [-0.15, -0.1) is 0 Å². The zero-order valence-electron chi connectivity index (χ0n) is 8.27. The molecule has 2 atom stereocenters. The number of ether oxygens (including phenoxy) is 2. The summed E-state index contributed by atoms with van der Waals surface area (Å²) >= 11 is 0. The number of rotatable bonds is 4. The van der Waals surface area contributed by atoms with Gasteiger partial charge in [0, 0.05) is 6.61 Å².